The maximum atomic E-state index is 11.9. The van der Waals surface area contributed by atoms with Gasteiger partial charge in [-0.1, -0.05) is 0 Å². The number of hydrogen-bond acceptors (Lipinski definition) is 8. The molecule has 0 saturated carbocycles. The molecule has 1 saturated heterocycles. The van der Waals surface area contributed by atoms with Crippen LogP contribution in [0, 0.1) is 5.21 Å². The predicted molar refractivity (Wildman–Crippen MR) is 80.1 cm³/mol. The predicted octanol–water partition coefficient (Wildman–Crippen LogP) is 1.19. The molecule has 0 aliphatic carbocycles. The van der Waals surface area contributed by atoms with E-state index in [-0.39, 0.29) is 41.1 Å². The molecule has 1 aliphatic heterocycles. The number of amides is 1. The van der Waals surface area contributed by atoms with Crippen LogP contribution >= 0.6 is 0 Å². The first-order valence-electron chi connectivity index (χ1n) is 6.96. The Bertz CT molecular complexity index is 633. The van der Waals surface area contributed by atoms with Crippen LogP contribution in [-0.4, -0.2) is 54.1 Å². The fraction of sp³-hybridized carbons (Fsp3) is 0.429. The van der Waals surface area contributed by atoms with Crippen LogP contribution < -0.4 is 14.7 Å². The summed E-state index contributed by atoms with van der Waals surface area (Å²) in [5.41, 5.74) is -0.00950. The summed E-state index contributed by atoms with van der Waals surface area (Å²) in [5.74, 6) is -0.612. The first-order chi connectivity index (χ1) is 11.4. The largest absolute Gasteiger partial charge is 0.733 e. The lowest BCUT2D eigenvalue weighted by atomic mass is 10.1. The number of ether oxygens (including phenoxy) is 3. The molecule has 1 unspecified atom stereocenters. The summed E-state index contributed by atoms with van der Waals surface area (Å²) in [6, 6.07) is 1.71. The standard InChI is InChI=1S/C14H17N2O8/c1-22-11-5-8(10(16(20)21)6-12(11)23-2)7-24-14(19)15-4-3-9(15)13(17)18/h5-6,9,20H,3-4,7H2,1-2H3,(H,17,18)/q-1. The molecule has 1 aromatic rings. The summed E-state index contributed by atoms with van der Waals surface area (Å²) < 4.78 is 15.1. The zero-order valence-electron chi connectivity index (χ0n) is 13.1. The number of carboxylic acid groups (broad SMARTS) is 1. The van der Waals surface area contributed by atoms with Crippen LogP contribution in [0.25, 0.3) is 0 Å². The quantitative estimate of drug-likeness (QED) is 0.732. The second-order valence-corrected chi connectivity index (χ2v) is 5.00. The number of aliphatic carboxylic acids is 1. The third-order valence-electron chi connectivity index (χ3n) is 3.68. The number of nitrogens with zero attached hydrogens (tertiary/aromatic N) is 2. The Labute approximate surface area is 137 Å². The summed E-state index contributed by atoms with van der Waals surface area (Å²) in [6.07, 6.45) is -0.457. The average Bonchev–Trinajstić information content (AvgIpc) is 2.50. The van der Waals surface area contributed by atoms with Gasteiger partial charge in [-0.25, -0.2) is 9.59 Å². The van der Waals surface area contributed by atoms with E-state index in [1.165, 1.54) is 26.4 Å². The topological polar surface area (TPSA) is 132 Å². The molecule has 1 atom stereocenters. The number of carbonyl (C=O) groups excluding carboxylic acids is 1. The molecule has 0 aromatic heterocycles. The molecule has 10 heteroatoms. The fourth-order valence-corrected chi connectivity index (χ4v) is 2.29. The third kappa shape index (κ3) is 3.44. The van der Waals surface area contributed by atoms with Gasteiger partial charge in [0.05, 0.1) is 19.9 Å². The molecule has 0 bridgehead atoms. The van der Waals surface area contributed by atoms with Crippen molar-refractivity contribution >= 4 is 17.7 Å². The van der Waals surface area contributed by atoms with E-state index >= 15 is 0 Å². The van der Waals surface area contributed by atoms with Crippen LogP contribution in [0.2, 0.25) is 0 Å². The molecule has 24 heavy (non-hydrogen) atoms. The molecule has 1 amide bonds. The van der Waals surface area contributed by atoms with Gasteiger partial charge in [0, 0.05) is 18.2 Å². The van der Waals surface area contributed by atoms with Crippen molar-refractivity contribution in [3.63, 3.8) is 0 Å². The summed E-state index contributed by atoms with van der Waals surface area (Å²) in [7, 11) is 2.75. The first kappa shape index (κ1) is 17.6. The van der Waals surface area contributed by atoms with E-state index in [0.717, 1.165) is 4.90 Å². The van der Waals surface area contributed by atoms with Crippen molar-refractivity contribution in [3.05, 3.63) is 22.9 Å². The molecular formula is C14H17N2O8-. The molecule has 0 radical (unpaired) electrons. The normalized spacial score (nSPS) is 16.2. The highest BCUT2D eigenvalue weighted by Crippen LogP contribution is 2.35. The molecule has 0 spiro atoms. The Morgan fingerprint density at radius 3 is 2.42 bits per heavy atom. The van der Waals surface area contributed by atoms with Gasteiger partial charge in [0.2, 0.25) is 0 Å². The van der Waals surface area contributed by atoms with Gasteiger partial charge < -0.3 is 29.8 Å². The minimum atomic E-state index is -1.11. The van der Waals surface area contributed by atoms with Gasteiger partial charge in [0.15, 0.2) is 11.5 Å². The average molecular weight is 341 g/mol. The lowest BCUT2D eigenvalue weighted by molar-refractivity contribution is -0.146. The van der Waals surface area contributed by atoms with E-state index in [0.29, 0.717) is 6.42 Å². The molecular weight excluding hydrogens is 324 g/mol. The van der Waals surface area contributed by atoms with Crippen LogP contribution in [0.1, 0.15) is 12.0 Å². The highest BCUT2D eigenvalue weighted by molar-refractivity contribution is 5.82. The van der Waals surface area contributed by atoms with E-state index in [1.54, 1.807) is 0 Å². The number of carboxylic acids is 1. The van der Waals surface area contributed by atoms with Crippen molar-refractivity contribution in [2.24, 2.45) is 0 Å². The zero-order valence-corrected chi connectivity index (χ0v) is 13.1. The van der Waals surface area contributed by atoms with Crippen molar-refractivity contribution in [2.45, 2.75) is 19.1 Å². The van der Waals surface area contributed by atoms with Gasteiger partial charge in [-0.05, 0) is 12.5 Å². The number of methoxy groups -OCH3 is 2. The van der Waals surface area contributed by atoms with E-state index in [2.05, 4.69) is 0 Å². The van der Waals surface area contributed by atoms with E-state index < -0.39 is 18.1 Å². The fourth-order valence-electron chi connectivity index (χ4n) is 2.29. The Morgan fingerprint density at radius 1 is 1.33 bits per heavy atom. The Morgan fingerprint density at radius 2 is 1.96 bits per heavy atom. The number of hydrogen-bond donors (Lipinski definition) is 2. The maximum Gasteiger partial charge on any atom is 0.410 e. The van der Waals surface area contributed by atoms with Gasteiger partial charge in [-0.15, -0.1) is 0 Å². The second-order valence-electron chi connectivity index (χ2n) is 5.00. The number of likely N-dealkylation sites (tertiary alicyclic amines) is 1. The first-order valence-corrected chi connectivity index (χ1v) is 6.96. The van der Waals surface area contributed by atoms with E-state index in [9.17, 15) is 20.0 Å². The number of carbonyl (C=O) groups is 2. The van der Waals surface area contributed by atoms with Crippen molar-refractivity contribution in [2.75, 3.05) is 26.0 Å². The molecule has 1 aliphatic rings. The molecule has 1 fully saturated rings. The van der Waals surface area contributed by atoms with Crippen LogP contribution in [0.15, 0.2) is 12.1 Å². The molecule has 1 heterocycles. The Hall–Kier alpha value is -2.72. The van der Waals surface area contributed by atoms with Gasteiger partial charge in [0.25, 0.3) is 0 Å². The summed E-state index contributed by atoms with van der Waals surface area (Å²) >= 11 is 0. The van der Waals surface area contributed by atoms with Crippen LogP contribution in [0.4, 0.5) is 10.5 Å². The van der Waals surface area contributed by atoms with Gasteiger partial charge >= 0.3 is 12.1 Å². The number of rotatable bonds is 6. The maximum absolute atomic E-state index is 11.9. The summed E-state index contributed by atoms with van der Waals surface area (Å²) in [5, 5.41) is 29.0. The summed E-state index contributed by atoms with van der Waals surface area (Å²) in [4.78, 5) is 23.9. The molecule has 2 rings (SSSR count). The van der Waals surface area contributed by atoms with E-state index in [1.807, 2.05) is 0 Å². The van der Waals surface area contributed by atoms with Crippen molar-refractivity contribution in [1.29, 1.82) is 0 Å². The third-order valence-corrected chi connectivity index (χ3v) is 3.68. The Balaban J connectivity index is 2.13. The van der Waals surface area contributed by atoms with E-state index in [4.69, 9.17) is 19.3 Å². The highest BCUT2D eigenvalue weighted by atomic mass is 16.8. The second kappa shape index (κ2) is 7.23. The molecule has 10 nitrogen and oxygen atoms in total. The molecule has 132 valence electrons. The van der Waals surface area contributed by atoms with Crippen LogP contribution in [-0.2, 0) is 16.1 Å². The monoisotopic (exact) mass is 341 g/mol. The minimum Gasteiger partial charge on any atom is -0.733 e. The van der Waals surface area contributed by atoms with Crippen LogP contribution in [0.5, 0.6) is 11.5 Å². The van der Waals surface area contributed by atoms with Gasteiger partial charge in [-0.2, -0.15) is 0 Å². The summed E-state index contributed by atoms with van der Waals surface area (Å²) in [6.45, 7) is -0.0705. The molecule has 1 aromatic carbocycles. The van der Waals surface area contributed by atoms with Crippen LogP contribution in [0.3, 0.4) is 0 Å². The van der Waals surface area contributed by atoms with Crippen molar-refractivity contribution in [3.8, 4) is 11.5 Å². The minimum absolute atomic E-state index is 0.172. The smallest absolute Gasteiger partial charge is 0.410 e. The lowest BCUT2D eigenvalue weighted by Gasteiger charge is -2.36. The van der Waals surface area contributed by atoms with Gasteiger partial charge in [-0.3, -0.25) is 10.1 Å². The molecule has 2 N–H and O–H groups in total. The highest BCUT2D eigenvalue weighted by Gasteiger charge is 2.38. The number of benzene rings is 1. The Kier molecular flexibility index (Phi) is 5.31. The van der Waals surface area contributed by atoms with Crippen molar-refractivity contribution in [1.82, 2.24) is 4.90 Å². The lowest BCUT2D eigenvalue weighted by Crippen LogP contribution is -2.55. The van der Waals surface area contributed by atoms with Crippen molar-refractivity contribution < 1.29 is 34.1 Å². The zero-order chi connectivity index (χ0) is 17.9. The SMILES string of the molecule is COc1cc(COC(=O)N2CCC2C(=O)O)c(N([O-])O)cc1OC. The van der Waals surface area contributed by atoms with Gasteiger partial charge in [0.1, 0.15) is 12.6 Å². The number of anilines is 1.